The van der Waals surface area contributed by atoms with Crippen LogP contribution in [0.4, 0.5) is 0 Å². The molecule has 2 N–H and O–H groups in total. The lowest BCUT2D eigenvalue weighted by Crippen LogP contribution is -2.38. The highest BCUT2D eigenvalue weighted by Crippen LogP contribution is 2.41. The standard InChI is InChI=1S/C16H18ClN3O/c1-18-16(19-10-13-6-3-7-21-13)20-15-9-14(15)11-4-2-5-12(17)8-11/h2-8,14-15H,9-10H2,1H3,(H2,18,19,20)/t14-,15+/m0/s1. The second-order valence-corrected chi connectivity index (χ2v) is 5.59. The number of halogens is 1. The van der Waals surface area contributed by atoms with Crippen molar-refractivity contribution in [3.05, 3.63) is 59.0 Å². The fourth-order valence-electron chi connectivity index (χ4n) is 2.41. The fourth-order valence-corrected chi connectivity index (χ4v) is 2.61. The van der Waals surface area contributed by atoms with Crippen molar-refractivity contribution in [2.75, 3.05) is 7.05 Å². The number of nitrogens with zero attached hydrogens (tertiary/aromatic N) is 1. The summed E-state index contributed by atoms with van der Waals surface area (Å²) < 4.78 is 5.29. The molecule has 1 aromatic heterocycles. The van der Waals surface area contributed by atoms with Gasteiger partial charge in [-0.3, -0.25) is 4.99 Å². The number of rotatable bonds is 4. The Balaban J connectivity index is 1.52. The van der Waals surface area contributed by atoms with Crippen LogP contribution in [0.1, 0.15) is 23.7 Å². The molecule has 21 heavy (non-hydrogen) atoms. The van der Waals surface area contributed by atoms with Gasteiger partial charge in [-0.1, -0.05) is 23.7 Å². The Morgan fingerprint density at radius 3 is 3.00 bits per heavy atom. The molecule has 1 heterocycles. The van der Waals surface area contributed by atoms with E-state index < -0.39 is 0 Å². The summed E-state index contributed by atoms with van der Waals surface area (Å²) in [5, 5.41) is 7.46. The molecule has 2 aromatic rings. The van der Waals surface area contributed by atoms with Gasteiger partial charge in [-0.25, -0.2) is 0 Å². The Labute approximate surface area is 129 Å². The van der Waals surface area contributed by atoms with E-state index in [9.17, 15) is 0 Å². The van der Waals surface area contributed by atoms with Crippen molar-refractivity contribution in [1.29, 1.82) is 0 Å². The highest BCUT2D eigenvalue weighted by atomic mass is 35.5. The second-order valence-electron chi connectivity index (χ2n) is 5.15. The third kappa shape index (κ3) is 3.58. The van der Waals surface area contributed by atoms with Crippen molar-refractivity contribution < 1.29 is 4.42 Å². The molecule has 5 heteroatoms. The molecule has 0 bridgehead atoms. The van der Waals surface area contributed by atoms with Crippen LogP contribution in [0.25, 0.3) is 0 Å². The predicted octanol–water partition coefficient (Wildman–Crippen LogP) is 3.15. The summed E-state index contributed by atoms with van der Waals surface area (Å²) in [6.07, 6.45) is 2.77. The molecule has 0 spiro atoms. The van der Waals surface area contributed by atoms with E-state index in [0.29, 0.717) is 18.5 Å². The molecule has 110 valence electrons. The molecule has 3 rings (SSSR count). The molecule has 2 atom stereocenters. The van der Waals surface area contributed by atoms with Crippen LogP contribution in [0.5, 0.6) is 0 Å². The largest absolute Gasteiger partial charge is 0.467 e. The van der Waals surface area contributed by atoms with Gasteiger partial charge in [-0.15, -0.1) is 0 Å². The Hall–Kier alpha value is -1.94. The minimum atomic E-state index is 0.409. The Bertz CT molecular complexity index is 624. The van der Waals surface area contributed by atoms with Crippen LogP contribution in [-0.2, 0) is 6.54 Å². The zero-order valence-electron chi connectivity index (χ0n) is 11.8. The molecule has 1 aromatic carbocycles. The van der Waals surface area contributed by atoms with Crippen LogP contribution in [0.3, 0.4) is 0 Å². The molecule has 1 saturated carbocycles. The summed E-state index contributed by atoms with van der Waals surface area (Å²) in [6.45, 7) is 0.626. The molecule has 0 saturated heterocycles. The van der Waals surface area contributed by atoms with Gasteiger partial charge in [0.15, 0.2) is 5.96 Å². The third-order valence-corrected chi connectivity index (χ3v) is 3.86. The number of furan rings is 1. The average Bonchev–Trinajstić information content (AvgIpc) is 3.06. The van der Waals surface area contributed by atoms with Crippen molar-refractivity contribution in [1.82, 2.24) is 10.6 Å². The van der Waals surface area contributed by atoms with Crippen LogP contribution in [-0.4, -0.2) is 19.0 Å². The summed E-state index contributed by atoms with van der Waals surface area (Å²) in [6, 6.07) is 12.3. The smallest absolute Gasteiger partial charge is 0.191 e. The zero-order chi connectivity index (χ0) is 14.7. The summed E-state index contributed by atoms with van der Waals surface area (Å²) in [5.41, 5.74) is 1.28. The monoisotopic (exact) mass is 303 g/mol. The Morgan fingerprint density at radius 1 is 1.38 bits per heavy atom. The van der Waals surface area contributed by atoms with Gasteiger partial charge in [0, 0.05) is 24.0 Å². The molecular weight excluding hydrogens is 286 g/mol. The first-order chi connectivity index (χ1) is 10.3. The molecule has 0 unspecified atom stereocenters. The fraction of sp³-hybridized carbons (Fsp3) is 0.312. The molecule has 1 aliphatic carbocycles. The quantitative estimate of drug-likeness (QED) is 0.674. The van der Waals surface area contributed by atoms with Crippen LogP contribution in [0.15, 0.2) is 52.1 Å². The summed E-state index contributed by atoms with van der Waals surface area (Å²) in [4.78, 5) is 4.24. The maximum absolute atomic E-state index is 6.04. The predicted molar refractivity (Wildman–Crippen MR) is 84.6 cm³/mol. The van der Waals surface area contributed by atoms with Gasteiger partial charge in [-0.05, 0) is 36.2 Å². The maximum Gasteiger partial charge on any atom is 0.191 e. The molecular formula is C16H18ClN3O. The minimum absolute atomic E-state index is 0.409. The minimum Gasteiger partial charge on any atom is -0.467 e. The number of benzene rings is 1. The van der Waals surface area contributed by atoms with Gasteiger partial charge in [-0.2, -0.15) is 0 Å². The number of nitrogens with one attached hydrogen (secondary N) is 2. The molecule has 0 amide bonds. The topological polar surface area (TPSA) is 49.6 Å². The van der Waals surface area contributed by atoms with Crippen molar-refractivity contribution in [3.8, 4) is 0 Å². The van der Waals surface area contributed by atoms with Crippen molar-refractivity contribution in [3.63, 3.8) is 0 Å². The number of aliphatic imine (C=N–C) groups is 1. The summed E-state index contributed by atoms with van der Waals surface area (Å²) in [7, 11) is 1.77. The maximum atomic E-state index is 6.04. The molecule has 1 fully saturated rings. The van der Waals surface area contributed by atoms with Gasteiger partial charge < -0.3 is 15.1 Å². The van der Waals surface area contributed by atoms with Gasteiger partial charge >= 0.3 is 0 Å². The van der Waals surface area contributed by atoms with Gasteiger partial charge in [0.05, 0.1) is 12.8 Å². The first-order valence-corrected chi connectivity index (χ1v) is 7.39. The Morgan fingerprint density at radius 2 is 2.29 bits per heavy atom. The van der Waals surface area contributed by atoms with Crippen LogP contribution in [0, 0.1) is 0 Å². The summed E-state index contributed by atoms with van der Waals surface area (Å²) >= 11 is 6.04. The second kappa shape index (κ2) is 6.22. The van der Waals surface area contributed by atoms with Crippen molar-refractivity contribution >= 4 is 17.6 Å². The van der Waals surface area contributed by atoms with E-state index in [1.165, 1.54) is 5.56 Å². The highest BCUT2D eigenvalue weighted by molar-refractivity contribution is 6.30. The van der Waals surface area contributed by atoms with E-state index >= 15 is 0 Å². The highest BCUT2D eigenvalue weighted by Gasteiger charge is 2.39. The van der Waals surface area contributed by atoms with E-state index in [1.807, 2.05) is 30.3 Å². The Kier molecular flexibility index (Phi) is 4.15. The zero-order valence-corrected chi connectivity index (χ0v) is 12.6. The molecule has 0 radical (unpaired) electrons. The van der Waals surface area contributed by atoms with E-state index in [4.69, 9.17) is 16.0 Å². The number of guanidine groups is 1. The van der Waals surface area contributed by atoms with E-state index in [-0.39, 0.29) is 0 Å². The van der Waals surface area contributed by atoms with E-state index in [2.05, 4.69) is 21.7 Å². The molecule has 1 aliphatic rings. The first-order valence-electron chi connectivity index (χ1n) is 7.01. The van der Waals surface area contributed by atoms with Crippen molar-refractivity contribution in [2.45, 2.75) is 24.9 Å². The van der Waals surface area contributed by atoms with Crippen LogP contribution < -0.4 is 10.6 Å². The molecule has 0 aliphatic heterocycles. The van der Waals surface area contributed by atoms with Gasteiger partial charge in [0.1, 0.15) is 5.76 Å². The number of hydrogen-bond donors (Lipinski definition) is 2. The first kappa shape index (κ1) is 14.0. The summed E-state index contributed by atoms with van der Waals surface area (Å²) in [5.74, 6) is 2.19. The average molecular weight is 304 g/mol. The number of hydrogen-bond acceptors (Lipinski definition) is 2. The van der Waals surface area contributed by atoms with E-state index in [0.717, 1.165) is 23.2 Å². The lowest BCUT2D eigenvalue weighted by Gasteiger charge is -2.11. The third-order valence-electron chi connectivity index (χ3n) is 3.62. The van der Waals surface area contributed by atoms with Crippen LogP contribution >= 0.6 is 11.6 Å². The molecule has 4 nitrogen and oxygen atoms in total. The normalized spacial score (nSPS) is 21.1. The van der Waals surface area contributed by atoms with Crippen molar-refractivity contribution in [2.24, 2.45) is 4.99 Å². The van der Waals surface area contributed by atoms with E-state index in [1.54, 1.807) is 13.3 Å². The van der Waals surface area contributed by atoms with Gasteiger partial charge in [0.2, 0.25) is 0 Å². The van der Waals surface area contributed by atoms with Crippen LogP contribution in [0.2, 0.25) is 5.02 Å². The lowest BCUT2D eigenvalue weighted by atomic mass is 10.1. The lowest BCUT2D eigenvalue weighted by molar-refractivity contribution is 0.501. The SMILES string of the molecule is CN=C(NCc1ccco1)N[C@@H]1C[C@H]1c1cccc(Cl)c1. The van der Waals surface area contributed by atoms with Gasteiger partial charge in [0.25, 0.3) is 0 Å².